The molecule has 0 fully saturated rings. The number of carbonyl (C=O) groups excluding carboxylic acids is 1. The van der Waals surface area contributed by atoms with Crippen LogP contribution in [0.2, 0.25) is 0 Å². The van der Waals surface area contributed by atoms with E-state index >= 15 is 0 Å². The van der Waals surface area contributed by atoms with Gasteiger partial charge in [0.05, 0.1) is 4.90 Å². The first-order valence-corrected chi connectivity index (χ1v) is 8.48. The van der Waals surface area contributed by atoms with E-state index in [2.05, 4.69) is 4.72 Å². The molecule has 3 N–H and O–H groups in total. The van der Waals surface area contributed by atoms with E-state index in [9.17, 15) is 22.0 Å². The Morgan fingerprint density at radius 3 is 2.38 bits per heavy atom. The van der Waals surface area contributed by atoms with Gasteiger partial charge in [-0.05, 0) is 49.2 Å². The molecule has 8 heteroatoms. The standard InChI is InChI=1S/C16H16F2N2O3S/c1-9-3-5-12(8-13(9)16(19)21)24(22,23)20-10(2)11-4-6-14(17)15(18)7-11/h3-8,10,20H,1-2H3,(H2,19,21). The minimum Gasteiger partial charge on any atom is -0.366 e. The maximum absolute atomic E-state index is 13.3. The van der Waals surface area contributed by atoms with Crippen molar-refractivity contribution < 1.29 is 22.0 Å². The lowest BCUT2D eigenvalue weighted by molar-refractivity contribution is 0.0999. The van der Waals surface area contributed by atoms with Crippen molar-refractivity contribution in [1.29, 1.82) is 0 Å². The SMILES string of the molecule is Cc1ccc(S(=O)(=O)NC(C)c2ccc(F)c(F)c2)cc1C(N)=O. The molecule has 0 aliphatic carbocycles. The number of hydrogen-bond donors (Lipinski definition) is 2. The van der Waals surface area contributed by atoms with E-state index in [1.54, 1.807) is 6.92 Å². The van der Waals surface area contributed by atoms with E-state index in [-0.39, 0.29) is 16.0 Å². The second kappa shape index (κ2) is 6.66. The van der Waals surface area contributed by atoms with E-state index in [1.165, 1.54) is 31.2 Å². The number of rotatable bonds is 5. The molecule has 0 bridgehead atoms. The second-order valence-electron chi connectivity index (χ2n) is 5.36. The lowest BCUT2D eigenvalue weighted by Gasteiger charge is -2.15. The van der Waals surface area contributed by atoms with E-state index in [1.807, 2.05) is 0 Å². The van der Waals surface area contributed by atoms with Crippen LogP contribution in [0.25, 0.3) is 0 Å². The van der Waals surface area contributed by atoms with E-state index in [0.717, 1.165) is 12.1 Å². The third kappa shape index (κ3) is 3.77. The maximum Gasteiger partial charge on any atom is 0.249 e. The summed E-state index contributed by atoms with van der Waals surface area (Å²) in [7, 11) is -3.98. The molecule has 1 unspecified atom stereocenters. The van der Waals surface area contributed by atoms with Gasteiger partial charge in [-0.25, -0.2) is 21.9 Å². The van der Waals surface area contributed by atoms with E-state index in [0.29, 0.717) is 5.56 Å². The van der Waals surface area contributed by atoms with Crippen molar-refractivity contribution in [2.45, 2.75) is 24.8 Å². The van der Waals surface area contributed by atoms with Crippen LogP contribution in [-0.2, 0) is 10.0 Å². The fourth-order valence-electron chi connectivity index (χ4n) is 2.18. The first-order chi connectivity index (χ1) is 11.1. The fourth-order valence-corrected chi connectivity index (χ4v) is 3.44. The number of sulfonamides is 1. The minimum absolute atomic E-state index is 0.0957. The summed E-state index contributed by atoms with van der Waals surface area (Å²) in [6, 6.07) is 6.31. The zero-order chi connectivity index (χ0) is 18.1. The molecule has 24 heavy (non-hydrogen) atoms. The summed E-state index contributed by atoms with van der Waals surface area (Å²) in [5, 5.41) is 0. The van der Waals surface area contributed by atoms with Crippen molar-refractivity contribution in [3.8, 4) is 0 Å². The number of carbonyl (C=O) groups is 1. The molecule has 5 nitrogen and oxygen atoms in total. The van der Waals surface area contributed by atoms with Crippen LogP contribution in [0.15, 0.2) is 41.3 Å². The highest BCUT2D eigenvalue weighted by Crippen LogP contribution is 2.20. The van der Waals surface area contributed by atoms with Crippen LogP contribution in [-0.4, -0.2) is 14.3 Å². The molecule has 0 aliphatic heterocycles. The van der Waals surface area contributed by atoms with Gasteiger partial charge in [0.25, 0.3) is 0 Å². The summed E-state index contributed by atoms with van der Waals surface area (Å²) in [5.74, 6) is -2.82. The van der Waals surface area contributed by atoms with Crippen LogP contribution < -0.4 is 10.5 Å². The van der Waals surface area contributed by atoms with Gasteiger partial charge in [-0.1, -0.05) is 12.1 Å². The van der Waals surface area contributed by atoms with Gasteiger partial charge in [-0.2, -0.15) is 0 Å². The molecule has 0 aliphatic rings. The third-order valence-corrected chi connectivity index (χ3v) is 5.10. The first kappa shape index (κ1) is 18.0. The van der Waals surface area contributed by atoms with Crippen molar-refractivity contribution in [2.75, 3.05) is 0 Å². The van der Waals surface area contributed by atoms with Gasteiger partial charge >= 0.3 is 0 Å². The summed E-state index contributed by atoms with van der Waals surface area (Å²) in [5.41, 5.74) is 6.13. The molecular formula is C16H16F2N2O3S. The van der Waals surface area contributed by atoms with Crippen LogP contribution in [0.5, 0.6) is 0 Å². The van der Waals surface area contributed by atoms with Crippen LogP contribution in [0, 0.1) is 18.6 Å². The zero-order valence-electron chi connectivity index (χ0n) is 13.0. The molecule has 0 saturated carbocycles. The minimum atomic E-state index is -3.98. The van der Waals surface area contributed by atoms with Crippen molar-refractivity contribution in [1.82, 2.24) is 4.72 Å². The largest absolute Gasteiger partial charge is 0.366 e. The molecule has 0 heterocycles. The highest BCUT2D eigenvalue weighted by Gasteiger charge is 2.21. The molecule has 0 spiro atoms. The van der Waals surface area contributed by atoms with Crippen molar-refractivity contribution in [3.63, 3.8) is 0 Å². The Morgan fingerprint density at radius 1 is 1.12 bits per heavy atom. The highest BCUT2D eigenvalue weighted by atomic mass is 32.2. The van der Waals surface area contributed by atoms with Gasteiger partial charge in [0, 0.05) is 11.6 Å². The van der Waals surface area contributed by atoms with E-state index < -0.39 is 33.6 Å². The van der Waals surface area contributed by atoms with Gasteiger partial charge in [0.15, 0.2) is 11.6 Å². The topological polar surface area (TPSA) is 89.3 Å². The number of nitrogens with one attached hydrogen (secondary N) is 1. The molecule has 2 rings (SSSR count). The van der Waals surface area contributed by atoms with Crippen molar-refractivity contribution in [2.24, 2.45) is 5.73 Å². The molecule has 0 radical (unpaired) electrons. The molecule has 128 valence electrons. The average molecular weight is 354 g/mol. The van der Waals surface area contributed by atoms with Gasteiger partial charge in [-0.15, -0.1) is 0 Å². The molecule has 1 amide bonds. The van der Waals surface area contributed by atoms with Crippen LogP contribution in [0.3, 0.4) is 0 Å². The van der Waals surface area contributed by atoms with Crippen molar-refractivity contribution >= 4 is 15.9 Å². The Labute approximate surface area is 138 Å². The quantitative estimate of drug-likeness (QED) is 0.864. The normalized spacial score (nSPS) is 12.8. The molecule has 1 atom stereocenters. The summed E-state index contributed by atoms with van der Waals surface area (Å²) >= 11 is 0. The zero-order valence-corrected chi connectivity index (χ0v) is 13.8. The van der Waals surface area contributed by atoms with Gasteiger partial charge < -0.3 is 5.73 Å². The monoisotopic (exact) mass is 354 g/mol. The molecule has 2 aromatic rings. The summed E-state index contributed by atoms with van der Waals surface area (Å²) in [6.07, 6.45) is 0. The average Bonchev–Trinajstić information content (AvgIpc) is 2.49. The maximum atomic E-state index is 13.3. The van der Waals surface area contributed by atoms with Crippen LogP contribution in [0.4, 0.5) is 8.78 Å². The van der Waals surface area contributed by atoms with E-state index in [4.69, 9.17) is 5.73 Å². The Kier molecular flexibility index (Phi) is 5.00. The Bertz CT molecular complexity index is 898. The predicted molar refractivity (Wildman–Crippen MR) is 84.8 cm³/mol. The van der Waals surface area contributed by atoms with Crippen LogP contribution in [0.1, 0.15) is 34.5 Å². The Morgan fingerprint density at radius 2 is 1.79 bits per heavy atom. The second-order valence-corrected chi connectivity index (χ2v) is 7.07. The van der Waals surface area contributed by atoms with Gasteiger partial charge in [0.2, 0.25) is 15.9 Å². The predicted octanol–water partition coefficient (Wildman–Crippen LogP) is 2.41. The summed E-state index contributed by atoms with van der Waals surface area (Å²) in [6.45, 7) is 3.13. The van der Waals surface area contributed by atoms with Crippen LogP contribution >= 0.6 is 0 Å². The third-order valence-electron chi connectivity index (χ3n) is 3.56. The lowest BCUT2D eigenvalue weighted by atomic mass is 10.1. The van der Waals surface area contributed by atoms with Crippen molar-refractivity contribution in [3.05, 3.63) is 64.7 Å². The molecule has 0 aromatic heterocycles. The molecular weight excluding hydrogens is 338 g/mol. The number of aryl methyl sites for hydroxylation is 1. The Hall–Kier alpha value is -2.32. The number of benzene rings is 2. The Balaban J connectivity index is 2.32. The number of halogens is 2. The van der Waals surface area contributed by atoms with Gasteiger partial charge in [0.1, 0.15) is 0 Å². The molecule has 2 aromatic carbocycles. The number of amides is 1. The number of hydrogen-bond acceptors (Lipinski definition) is 3. The summed E-state index contributed by atoms with van der Waals surface area (Å²) in [4.78, 5) is 11.2. The smallest absolute Gasteiger partial charge is 0.249 e. The highest BCUT2D eigenvalue weighted by molar-refractivity contribution is 7.89. The first-order valence-electron chi connectivity index (χ1n) is 6.99. The number of primary amides is 1. The summed E-state index contributed by atoms with van der Waals surface area (Å²) < 4.78 is 53.4. The fraction of sp³-hybridized carbons (Fsp3) is 0.188. The van der Waals surface area contributed by atoms with Gasteiger partial charge in [-0.3, -0.25) is 4.79 Å². The lowest BCUT2D eigenvalue weighted by Crippen LogP contribution is -2.27. The molecule has 0 saturated heterocycles. The number of nitrogens with two attached hydrogens (primary N) is 1.